The third-order valence-electron chi connectivity index (χ3n) is 6.08. The highest BCUT2D eigenvalue weighted by atomic mass is 35.5. The molecule has 0 unspecified atom stereocenters. The third-order valence-corrected chi connectivity index (χ3v) is 6.37. The lowest BCUT2D eigenvalue weighted by atomic mass is 9.89. The molecule has 0 spiro atoms. The minimum Gasteiger partial charge on any atom is -0.340 e. The number of imidazole rings is 1. The number of hydrogen-bond acceptors (Lipinski definition) is 5. The molecule has 0 amide bonds. The van der Waals surface area contributed by atoms with Crippen LogP contribution in [0.3, 0.4) is 0 Å². The SMILES string of the molecule is CN(CCc1nc2nccc(C(=N)N(O)c3ccc(F)c(Cl)c3)c2[nH]1)CC1CCCCC1. The zero-order valence-electron chi connectivity index (χ0n) is 18.1. The van der Waals surface area contributed by atoms with E-state index in [9.17, 15) is 9.60 Å². The van der Waals surface area contributed by atoms with Crippen molar-refractivity contribution in [3.05, 3.63) is 52.7 Å². The summed E-state index contributed by atoms with van der Waals surface area (Å²) in [6.45, 7) is 1.98. The number of amidine groups is 1. The summed E-state index contributed by atoms with van der Waals surface area (Å²) < 4.78 is 13.4. The molecule has 9 heteroatoms. The van der Waals surface area contributed by atoms with Crippen molar-refractivity contribution in [2.24, 2.45) is 5.92 Å². The molecule has 3 aromatic rings. The second-order valence-electron chi connectivity index (χ2n) is 8.52. The van der Waals surface area contributed by atoms with Gasteiger partial charge < -0.3 is 9.88 Å². The first kappa shape index (κ1) is 22.6. The second-order valence-corrected chi connectivity index (χ2v) is 8.92. The standard InChI is InChI=1S/C23H28ClFN6O/c1-30(14-15-5-3-2-4-6-15)12-10-20-28-21-17(9-11-27-23(21)29-20)22(26)31(32)16-7-8-19(25)18(24)13-16/h7-9,11,13,15,26,32H,2-6,10,12,14H2,1H3,(H,27,28,29). The van der Waals surface area contributed by atoms with Crippen molar-refractivity contribution in [3.63, 3.8) is 0 Å². The van der Waals surface area contributed by atoms with E-state index in [2.05, 4.69) is 26.9 Å². The van der Waals surface area contributed by atoms with E-state index in [-0.39, 0.29) is 16.5 Å². The number of halogens is 2. The molecule has 1 saturated carbocycles. The third kappa shape index (κ3) is 5.09. The van der Waals surface area contributed by atoms with Crippen molar-refractivity contribution >= 4 is 34.3 Å². The van der Waals surface area contributed by atoms with E-state index in [1.54, 1.807) is 12.3 Å². The number of H-pyrrole nitrogens is 1. The predicted octanol–water partition coefficient (Wildman–Crippen LogP) is 5.03. The van der Waals surface area contributed by atoms with E-state index in [4.69, 9.17) is 17.0 Å². The van der Waals surface area contributed by atoms with Crippen molar-refractivity contribution < 1.29 is 9.60 Å². The summed E-state index contributed by atoms with van der Waals surface area (Å²) in [7, 11) is 2.15. The summed E-state index contributed by atoms with van der Waals surface area (Å²) in [5.74, 6) is 0.796. The number of likely N-dealkylation sites (N-methyl/N-ethyl adjacent to an activating group) is 1. The number of nitrogens with zero attached hydrogens (tertiary/aromatic N) is 4. The topological polar surface area (TPSA) is 92.1 Å². The van der Waals surface area contributed by atoms with E-state index in [1.807, 2.05) is 0 Å². The zero-order valence-corrected chi connectivity index (χ0v) is 18.9. The van der Waals surface area contributed by atoms with Gasteiger partial charge in [0.05, 0.1) is 16.2 Å². The fourth-order valence-corrected chi connectivity index (χ4v) is 4.51. The van der Waals surface area contributed by atoms with E-state index < -0.39 is 5.82 Å². The molecule has 0 atom stereocenters. The van der Waals surface area contributed by atoms with Gasteiger partial charge in [-0.2, -0.15) is 0 Å². The first-order valence-corrected chi connectivity index (χ1v) is 11.4. The van der Waals surface area contributed by atoms with Crippen LogP contribution in [0.4, 0.5) is 10.1 Å². The van der Waals surface area contributed by atoms with Crippen LogP contribution < -0.4 is 5.06 Å². The van der Waals surface area contributed by atoms with Crippen molar-refractivity contribution in [2.45, 2.75) is 38.5 Å². The quantitative estimate of drug-likeness (QED) is 0.262. The molecule has 1 aromatic carbocycles. The predicted molar refractivity (Wildman–Crippen MR) is 124 cm³/mol. The van der Waals surface area contributed by atoms with Gasteiger partial charge in [-0.15, -0.1) is 0 Å². The highest BCUT2D eigenvalue weighted by Gasteiger charge is 2.19. The smallest absolute Gasteiger partial charge is 0.178 e. The van der Waals surface area contributed by atoms with Gasteiger partial charge in [0.25, 0.3) is 0 Å². The molecule has 0 radical (unpaired) electrons. The maximum absolute atomic E-state index is 13.4. The number of aromatic amines is 1. The lowest BCUT2D eigenvalue weighted by Crippen LogP contribution is -2.29. The van der Waals surface area contributed by atoms with Gasteiger partial charge in [0.1, 0.15) is 11.6 Å². The Morgan fingerprint density at radius 2 is 2.06 bits per heavy atom. The second kappa shape index (κ2) is 9.94. The molecular weight excluding hydrogens is 431 g/mol. The Morgan fingerprint density at radius 3 is 2.81 bits per heavy atom. The normalized spacial score (nSPS) is 14.9. The molecule has 3 N–H and O–H groups in total. The Kier molecular flexibility index (Phi) is 7.03. The van der Waals surface area contributed by atoms with E-state index in [0.29, 0.717) is 21.8 Å². The maximum atomic E-state index is 13.4. The number of anilines is 1. The van der Waals surface area contributed by atoms with Gasteiger partial charge in [-0.1, -0.05) is 30.9 Å². The molecule has 0 saturated heterocycles. The molecule has 7 nitrogen and oxygen atoms in total. The molecule has 2 aromatic heterocycles. The lowest BCUT2D eigenvalue weighted by molar-refractivity contribution is 0.234. The van der Waals surface area contributed by atoms with Crippen molar-refractivity contribution in [2.75, 3.05) is 25.2 Å². The number of hydroxylamine groups is 1. The molecular formula is C23H28ClFN6O. The molecule has 0 bridgehead atoms. The fourth-order valence-electron chi connectivity index (χ4n) is 4.33. The highest BCUT2D eigenvalue weighted by Crippen LogP contribution is 2.25. The number of aromatic nitrogens is 3. The van der Waals surface area contributed by atoms with Crippen LogP contribution in [-0.4, -0.2) is 51.0 Å². The number of hydrogen-bond donors (Lipinski definition) is 3. The van der Waals surface area contributed by atoms with Crippen LogP contribution in [-0.2, 0) is 6.42 Å². The number of fused-ring (bicyclic) bond motifs is 1. The van der Waals surface area contributed by atoms with Crippen LogP contribution in [0, 0.1) is 17.1 Å². The van der Waals surface area contributed by atoms with Crippen molar-refractivity contribution in [1.29, 1.82) is 5.41 Å². The van der Waals surface area contributed by atoms with Gasteiger partial charge in [0.2, 0.25) is 0 Å². The monoisotopic (exact) mass is 458 g/mol. The average molecular weight is 459 g/mol. The summed E-state index contributed by atoms with van der Waals surface area (Å²) in [5.41, 5.74) is 1.69. The van der Waals surface area contributed by atoms with Crippen molar-refractivity contribution in [3.8, 4) is 0 Å². The summed E-state index contributed by atoms with van der Waals surface area (Å²) in [4.78, 5) is 14.5. The molecule has 4 rings (SSSR count). The Hall–Kier alpha value is -2.55. The van der Waals surface area contributed by atoms with Gasteiger partial charge in [0, 0.05) is 31.3 Å². The number of benzene rings is 1. The van der Waals surface area contributed by atoms with Gasteiger partial charge in [-0.05, 0) is 50.1 Å². The Balaban J connectivity index is 1.46. The van der Waals surface area contributed by atoms with Gasteiger partial charge in [0.15, 0.2) is 11.5 Å². The van der Waals surface area contributed by atoms with Crippen LogP contribution >= 0.6 is 11.6 Å². The fraction of sp³-hybridized carbons (Fsp3) is 0.435. The molecule has 32 heavy (non-hydrogen) atoms. The lowest BCUT2D eigenvalue weighted by Gasteiger charge is -2.26. The Bertz CT molecular complexity index is 1100. The Labute approximate surface area is 191 Å². The zero-order chi connectivity index (χ0) is 22.7. The largest absolute Gasteiger partial charge is 0.340 e. The summed E-state index contributed by atoms with van der Waals surface area (Å²) in [6, 6.07) is 5.41. The minimum absolute atomic E-state index is 0.129. The number of rotatable bonds is 7. The van der Waals surface area contributed by atoms with Crippen LogP contribution in [0.15, 0.2) is 30.5 Å². The number of nitrogens with one attached hydrogen (secondary N) is 2. The van der Waals surface area contributed by atoms with Crippen LogP contribution in [0.25, 0.3) is 11.2 Å². The summed E-state index contributed by atoms with van der Waals surface area (Å²) >= 11 is 5.82. The van der Waals surface area contributed by atoms with Crippen LogP contribution in [0.5, 0.6) is 0 Å². The van der Waals surface area contributed by atoms with Gasteiger partial charge >= 0.3 is 0 Å². The molecule has 2 heterocycles. The molecule has 170 valence electrons. The van der Waals surface area contributed by atoms with E-state index in [1.165, 1.54) is 44.2 Å². The molecule has 1 fully saturated rings. The Morgan fingerprint density at radius 1 is 1.28 bits per heavy atom. The minimum atomic E-state index is -0.590. The molecule has 0 aliphatic heterocycles. The van der Waals surface area contributed by atoms with Gasteiger partial charge in [-0.3, -0.25) is 10.6 Å². The molecule has 1 aliphatic rings. The van der Waals surface area contributed by atoms with E-state index in [0.717, 1.165) is 37.3 Å². The molecule has 1 aliphatic carbocycles. The first-order valence-electron chi connectivity index (χ1n) is 11.0. The first-order chi connectivity index (χ1) is 15.4. The average Bonchev–Trinajstić information content (AvgIpc) is 3.22. The van der Waals surface area contributed by atoms with Crippen LogP contribution in [0.2, 0.25) is 5.02 Å². The van der Waals surface area contributed by atoms with E-state index >= 15 is 0 Å². The highest BCUT2D eigenvalue weighted by molar-refractivity contribution is 6.31. The van der Waals surface area contributed by atoms with Crippen molar-refractivity contribution in [1.82, 2.24) is 19.9 Å². The van der Waals surface area contributed by atoms with Crippen LogP contribution in [0.1, 0.15) is 43.5 Å². The summed E-state index contributed by atoms with van der Waals surface area (Å²) in [6.07, 6.45) is 8.98. The number of pyridine rings is 1. The summed E-state index contributed by atoms with van der Waals surface area (Å²) in [5, 5.41) is 19.5. The maximum Gasteiger partial charge on any atom is 0.178 e. The van der Waals surface area contributed by atoms with Gasteiger partial charge in [-0.25, -0.2) is 19.4 Å².